The van der Waals surface area contributed by atoms with Crippen molar-refractivity contribution in [3.8, 4) is 34.1 Å². The van der Waals surface area contributed by atoms with Crippen molar-refractivity contribution >= 4 is 5.82 Å². The molecule has 1 aliphatic heterocycles. The molecule has 166 valence electrons. The van der Waals surface area contributed by atoms with Crippen molar-refractivity contribution in [1.29, 1.82) is 0 Å². The summed E-state index contributed by atoms with van der Waals surface area (Å²) in [5.41, 5.74) is 2.59. The Kier molecular flexibility index (Phi) is 5.57. The molecule has 1 unspecified atom stereocenters. The van der Waals surface area contributed by atoms with Gasteiger partial charge < -0.3 is 20.1 Å². The molecule has 1 aromatic carbocycles. The third kappa shape index (κ3) is 4.20. The second-order valence-electron chi connectivity index (χ2n) is 8.32. The highest BCUT2D eigenvalue weighted by Gasteiger charge is 2.33. The predicted octanol–water partition coefficient (Wildman–Crippen LogP) is 2.98. The molecule has 3 heterocycles. The van der Waals surface area contributed by atoms with Gasteiger partial charge in [0.25, 0.3) is 0 Å². The van der Waals surface area contributed by atoms with Crippen molar-refractivity contribution in [2.75, 3.05) is 25.1 Å². The Morgan fingerprint density at radius 1 is 1.06 bits per heavy atom. The van der Waals surface area contributed by atoms with Crippen molar-refractivity contribution in [2.24, 2.45) is 0 Å². The monoisotopic (exact) mass is 436 g/mol. The highest BCUT2D eigenvalue weighted by atomic mass is 19.1. The molecule has 2 aliphatic rings. The van der Waals surface area contributed by atoms with Crippen molar-refractivity contribution in [2.45, 2.75) is 37.5 Å². The van der Waals surface area contributed by atoms with Crippen molar-refractivity contribution in [3.63, 3.8) is 0 Å². The lowest BCUT2D eigenvalue weighted by atomic mass is 9.90. The number of aromatic nitrogens is 4. The molecule has 0 spiro atoms. The van der Waals surface area contributed by atoms with E-state index in [9.17, 15) is 9.50 Å². The largest absolute Gasteiger partial charge is 0.507 e. The maximum absolute atomic E-state index is 13.0. The van der Waals surface area contributed by atoms with E-state index in [2.05, 4.69) is 30.4 Å². The Balaban J connectivity index is 1.27. The average molecular weight is 436 g/mol. The molecular weight excluding hydrogens is 411 g/mol. The minimum absolute atomic E-state index is 0.0965. The number of anilines is 1. The molecule has 0 bridgehead atoms. The van der Waals surface area contributed by atoms with Gasteiger partial charge in [0.15, 0.2) is 5.82 Å². The van der Waals surface area contributed by atoms with Crippen LogP contribution in [0.2, 0.25) is 0 Å². The maximum atomic E-state index is 13.0. The minimum Gasteiger partial charge on any atom is -0.507 e. The van der Waals surface area contributed by atoms with Crippen LogP contribution in [-0.4, -0.2) is 63.7 Å². The first-order chi connectivity index (χ1) is 15.6. The van der Waals surface area contributed by atoms with E-state index in [0.29, 0.717) is 47.8 Å². The lowest BCUT2D eigenvalue weighted by Crippen LogP contribution is -2.48. The first-order valence-corrected chi connectivity index (χ1v) is 10.8. The Morgan fingerprint density at radius 2 is 1.94 bits per heavy atom. The van der Waals surface area contributed by atoms with Crippen LogP contribution in [0.5, 0.6) is 11.6 Å². The number of halogens is 1. The zero-order valence-corrected chi connectivity index (χ0v) is 17.8. The number of phenols is 1. The van der Waals surface area contributed by atoms with Gasteiger partial charge in [-0.05, 0) is 43.5 Å². The summed E-state index contributed by atoms with van der Waals surface area (Å²) < 4.78 is 18.2. The number of phenolic OH excluding ortho intramolecular Hbond substituents is 1. The van der Waals surface area contributed by atoms with Gasteiger partial charge in [-0.3, -0.25) is 0 Å². The van der Waals surface area contributed by atoms with Crippen LogP contribution in [0.3, 0.4) is 0 Å². The number of aromatic hydroxyl groups is 1. The third-order valence-corrected chi connectivity index (χ3v) is 6.14. The average Bonchev–Trinajstić information content (AvgIpc) is 3.27. The lowest BCUT2D eigenvalue weighted by molar-refractivity contribution is 0.148. The number of alkyl halides is 1. The quantitative estimate of drug-likeness (QED) is 0.609. The maximum Gasteiger partial charge on any atom is 0.216 e. The van der Waals surface area contributed by atoms with Gasteiger partial charge in [-0.25, -0.2) is 14.4 Å². The van der Waals surface area contributed by atoms with Crippen LogP contribution in [0, 0.1) is 0 Å². The van der Waals surface area contributed by atoms with E-state index in [1.807, 2.05) is 18.2 Å². The number of nitrogens with one attached hydrogen (secondary N) is 1. The molecule has 2 N–H and O–H groups in total. The first-order valence-electron chi connectivity index (χ1n) is 10.8. The Labute approximate surface area is 185 Å². The fourth-order valence-corrected chi connectivity index (χ4v) is 4.28. The van der Waals surface area contributed by atoms with Gasteiger partial charge in [0.2, 0.25) is 5.88 Å². The van der Waals surface area contributed by atoms with Crippen LogP contribution in [0.4, 0.5) is 10.2 Å². The van der Waals surface area contributed by atoms with Gasteiger partial charge in [-0.1, -0.05) is 6.07 Å². The predicted molar refractivity (Wildman–Crippen MR) is 118 cm³/mol. The number of rotatable bonds is 6. The van der Waals surface area contributed by atoms with E-state index >= 15 is 0 Å². The molecule has 1 saturated carbocycles. The van der Waals surface area contributed by atoms with Crippen molar-refractivity contribution in [1.82, 2.24) is 25.5 Å². The molecule has 5 rings (SSSR count). The molecule has 8 nitrogen and oxygen atoms in total. The molecule has 32 heavy (non-hydrogen) atoms. The van der Waals surface area contributed by atoms with Crippen molar-refractivity contribution in [3.05, 3.63) is 42.7 Å². The van der Waals surface area contributed by atoms with Gasteiger partial charge in [0, 0.05) is 42.4 Å². The Bertz CT molecular complexity index is 1090. The Hall–Kier alpha value is -3.33. The van der Waals surface area contributed by atoms with Gasteiger partial charge in [-0.2, -0.15) is 0 Å². The number of ether oxygens (including phenoxy) is 1. The van der Waals surface area contributed by atoms with E-state index in [0.717, 1.165) is 30.9 Å². The fraction of sp³-hybridized carbons (Fsp3) is 0.391. The number of methoxy groups -OCH3 is 1. The minimum atomic E-state index is -0.641. The molecular formula is C23H25FN6O2. The van der Waals surface area contributed by atoms with Crippen LogP contribution in [0.1, 0.15) is 19.3 Å². The number of hydrogen-bond acceptors (Lipinski definition) is 8. The summed E-state index contributed by atoms with van der Waals surface area (Å²) in [5, 5.41) is 22.8. The van der Waals surface area contributed by atoms with E-state index in [4.69, 9.17) is 4.74 Å². The summed E-state index contributed by atoms with van der Waals surface area (Å²) in [5.74, 6) is 1.36. The van der Waals surface area contributed by atoms with E-state index in [1.165, 1.54) is 6.33 Å². The molecule has 0 radical (unpaired) electrons. The summed E-state index contributed by atoms with van der Waals surface area (Å²) in [6, 6.07) is 11.5. The van der Waals surface area contributed by atoms with Crippen LogP contribution in [0.25, 0.3) is 22.5 Å². The SMILES string of the molecule is COc1cc(-c2ccc(-c3ccc(N4CCC(N[C@H]5C[C@@H](F)C5)C4)nn3)c(O)c2)ncn1. The normalized spacial score (nSPS) is 22.6. The summed E-state index contributed by atoms with van der Waals surface area (Å²) in [6.07, 6.45) is 3.03. The number of benzene rings is 1. The molecule has 2 fully saturated rings. The number of nitrogens with zero attached hydrogens (tertiary/aromatic N) is 5. The smallest absolute Gasteiger partial charge is 0.216 e. The molecule has 9 heteroatoms. The highest BCUT2D eigenvalue weighted by Crippen LogP contribution is 2.33. The lowest BCUT2D eigenvalue weighted by Gasteiger charge is -2.33. The van der Waals surface area contributed by atoms with Gasteiger partial charge in [0.05, 0.1) is 18.5 Å². The zero-order valence-electron chi connectivity index (χ0n) is 17.8. The van der Waals surface area contributed by atoms with E-state index in [1.54, 1.807) is 25.3 Å². The molecule has 1 atom stereocenters. The summed E-state index contributed by atoms with van der Waals surface area (Å²) >= 11 is 0. The van der Waals surface area contributed by atoms with Crippen LogP contribution < -0.4 is 15.0 Å². The summed E-state index contributed by atoms with van der Waals surface area (Å²) in [6.45, 7) is 1.73. The standard InChI is InChI=1S/C23H25FN6O2/c1-32-23-11-20(25-13-26-23)14-2-3-18(21(31)8-14)19-4-5-22(29-28-19)30-7-6-16(12-30)27-17-9-15(24)10-17/h2-5,8,11,13,15-17,27,31H,6-7,9-10,12H2,1H3/t15-,16?,17+. The summed E-state index contributed by atoms with van der Waals surface area (Å²) in [4.78, 5) is 10.4. The van der Waals surface area contributed by atoms with Crippen molar-refractivity contribution < 1.29 is 14.2 Å². The third-order valence-electron chi connectivity index (χ3n) is 6.14. The highest BCUT2D eigenvalue weighted by molar-refractivity contribution is 5.73. The van der Waals surface area contributed by atoms with Crippen LogP contribution >= 0.6 is 0 Å². The van der Waals surface area contributed by atoms with Crippen LogP contribution in [-0.2, 0) is 0 Å². The Morgan fingerprint density at radius 3 is 2.66 bits per heavy atom. The van der Waals surface area contributed by atoms with Gasteiger partial charge in [-0.15, -0.1) is 10.2 Å². The van der Waals surface area contributed by atoms with Crippen LogP contribution in [0.15, 0.2) is 42.7 Å². The molecule has 1 saturated heterocycles. The summed E-state index contributed by atoms with van der Waals surface area (Å²) in [7, 11) is 1.54. The molecule has 3 aromatic rings. The second-order valence-corrected chi connectivity index (χ2v) is 8.32. The second kappa shape index (κ2) is 8.66. The molecule has 1 aliphatic carbocycles. The number of hydrogen-bond donors (Lipinski definition) is 2. The zero-order chi connectivity index (χ0) is 22.1. The first kappa shape index (κ1) is 20.6. The fourth-order valence-electron chi connectivity index (χ4n) is 4.28. The topological polar surface area (TPSA) is 96.3 Å². The van der Waals surface area contributed by atoms with Gasteiger partial charge >= 0.3 is 0 Å². The molecule has 0 amide bonds. The van der Waals surface area contributed by atoms with Gasteiger partial charge in [0.1, 0.15) is 18.2 Å². The molecule has 2 aromatic heterocycles. The van der Waals surface area contributed by atoms with E-state index < -0.39 is 6.17 Å². The van der Waals surface area contributed by atoms with E-state index in [-0.39, 0.29) is 5.75 Å².